The molecule has 1 aliphatic heterocycles. The van der Waals surface area contributed by atoms with E-state index in [0.717, 1.165) is 58.0 Å². The molecule has 1 aliphatic carbocycles. The Kier molecular flexibility index (Phi) is 13.1. The molecule has 210 valence electrons. The van der Waals surface area contributed by atoms with Crippen LogP contribution in [0.3, 0.4) is 0 Å². The summed E-state index contributed by atoms with van der Waals surface area (Å²) >= 11 is 0. The van der Waals surface area contributed by atoms with E-state index >= 15 is 0 Å². The van der Waals surface area contributed by atoms with Gasteiger partial charge in [-0.15, -0.1) is 0 Å². The SMILES string of the molecule is CC(C)OC(=O)CCCCC/C=C\CC1C(O)CC(OC2CCCCO2)[C@@H]1CO[Si](C)(C)C(C)(C)C. The predicted molar refractivity (Wildman–Crippen MR) is 147 cm³/mol. The topological polar surface area (TPSA) is 74.2 Å². The van der Waals surface area contributed by atoms with Gasteiger partial charge < -0.3 is 23.7 Å². The first-order valence-corrected chi connectivity index (χ1v) is 17.2. The maximum absolute atomic E-state index is 11.6. The molecule has 1 saturated carbocycles. The van der Waals surface area contributed by atoms with Crippen LogP contribution in [0.1, 0.15) is 98.8 Å². The number of unbranched alkanes of at least 4 members (excludes halogenated alkanes) is 3. The number of aliphatic hydroxyl groups is 1. The summed E-state index contributed by atoms with van der Waals surface area (Å²) in [7, 11) is -1.90. The highest BCUT2D eigenvalue weighted by atomic mass is 28.4. The second-order valence-electron chi connectivity index (χ2n) is 12.5. The van der Waals surface area contributed by atoms with Crippen molar-refractivity contribution in [3.05, 3.63) is 12.2 Å². The van der Waals surface area contributed by atoms with Crippen LogP contribution >= 0.6 is 0 Å². The molecule has 0 spiro atoms. The molecule has 36 heavy (non-hydrogen) atoms. The molecule has 0 aromatic heterocycles. The molecule has 0 bridgehead atoms. The molecular formula is C29H54O6Si. The molecule has 2 aliphatic rings. The first kappa shape index (κ1) is 31.5. The summed E-state index contributed by atoms with van der Waals surface area (Å²) in [5.41, 5.74) is 0. The molecule has 0 amide bonds. The first-order valence-electron chi connectivity index (χ1n) is 14.3. The van der Waals surface area contributed by atoms with Crippen LogP contribution in [0.5, 0.6) is 0 Å². The number of allylic oxidation sites excluding steroid dienone is 2. The largest absolute Gasteiger partial charge is 0.463 e. The number of carbonyl (C=O) groups is 1. The van der Waals surface area contributed by atoms with Crippen molar-refractivity contribution in [1.82, 2.24) is 0 Å². The third-order valence-electron chi connectivity index (χ3n) is 8.10. The predicted octanol–water partition coefficient (Wildman–Crippen LogP) is 6.77. The van der Waals surface area contributed by atoms with Crippen molar-refractivity contribution in [3.63, 3.8) is 0 Å². The average Bonchev–Trinajstić information content (AvgIpc) is 3.07. The highest BCUT2D eigenvalue weighted by Crippen LogP contribution is 2.42. The molecular weight excluding hydrogens is 472 g/mol. The summed E-state index contributed by atoms with van der Waals surface area (Å²) in [6.45, 7) is 16.5. The molecule has 2 rings (SSSR count). The zero-order valence-electron chi connectivity index (χ0n) is 24.1. The van der Waals surface area contributed by atoms with Crippen LogP contribution < -0.4 is 0 Å². The molecule has 2 fully saturated rings. The lowest BCUT2D eigenvalue weighted by molar-refractivity contribution is -0.197. The zero-order valence-corrected chi connectivity index (χ0v) is 25.1. The third-order valence-corrected chi connectivity index (χ3v) is 12.6. The van der Waals surface area contributed by atoms with Crippen LogP contribution in [0.4, 0.5) is 0 Å². The fourth-order valence-electron chi connectivity index (χ4n) is 4.80. The van der Waals surface area contributed by atoms with Crippen LogP contribution in [0.15, 0.2) is 12.2 Å². The van der Waals surface area contributed by atoms with E-state index in [1.807, 2.05) is 13.8 Å². The summed E-state index contributed by atoms with van der Waals surface area (Å²) in [4.78, 5) is 11.6. The van der Waals surface area contributed by atoms with Crippen LogP contribution in [0.25, 0.3) is 0 Å². The standard InChI is InChI=1S/C29H54O6Si/c1-22(2)34-27(31)17-13-11-9-8-10-12-16-23-24(21-33-36(6,7)29(3,4)5)26(20-25(23)30)35-28-18-14-15-19-32-28/h10,12,22-26,28,30H,8-9,11,13-21H2,1-7H3/b12-10-/t23?,24-,25?,26?,28?/m1/s1. The fraction of sp³-hybridized carbons (Fsp3) is 0.897. The van der Waals surface area contributed by atoms with Gasteiger partial charge >= 0.3 is 5.97 Å². The Morgan fingerprint density at radius 2 is 1.86 bits per heavy atom. The second kappa shape index (κ2) is 15.0. The lowest BCUT2D eigenvalue weighted by atomic mass is 9.91. The molecule has 0 aromatic rings. The minimum Gasteiger partial charge on any atom is -0.463 e. The van der Waals surface area contributed by atoms with Crippen molar-refractivity contribution >= 4 is 14.3 Å². The van der Waals surface area contributed by atoms with Gasteiger partial charge in [0.05, 0.1) is 18.3 Å². The quantitative estimate of drug-likeness (QED) is 0.117. The average molecular weight is 527 g/mol. The number of aliphatic hydroxyl groups excluding tert-OH is 1. The van der Waals surface area contributed by atoms with Gasteiger partial charge in [0.15, 0.2) is 14.6 Å². The Morgan fingerprint density at radius 3 is 2.50 bits per heavy atom. The van der Waals surface area contributed by atoms with Crippen molar-refractivity contribution in [2.45, 2.75) is 142 Å². The van der Waals surface area contributed by atoms with Gasteiger partial charge in [0.2, 0.25) is 0 Å². The van der Waals surface area contributed by atoms with Crippen molar-refractivity contribution in [2.75, 3.05) is 13.2 Å². The summed E-state index contributed by atoms with van der Waals surface area (Å²) in [5.74, 6) is 0.193. The molecule has 4 unspecified atom stereocenters. The van der Waals surface area contributed by atoms with Crippen LogP contribution in [-0.2, 0) is 23.4 Å². The van der Waals surface area contributed by atoms with Crippen molar-refractivity contribution in [1.29, 1.82) is 0 Å². The van der Waals surface area contributed by atoms with Crippen LogP contribution in [0.2, 0.25) is 18.1 Å². The molecule has 6 nitrogen and oxygen atoms in total. The number of esters is 1. The minimum atomic E-state index is -1.90. The van der Waals surface area contributed by atoms with Crippen LogP contribution in [0, 0.1) is 11.8 Å². The molecule has 0 aromatic carbocycles. The van der Waals surface area contributed by atoms with E-state index in [1.165, 1.54) is 0 Å². The second-order valence-corrected chi connectivity index (χ2v) is 17.3. The normalized spacial score (nSPS) is 27.8. The lowest BCUT2D eigenvalue weighted by Gasteiger charge is -2.38. The number of carbonyl (C=O) groups excluding carboxylic acids is 1. The van der Waals surface area contributed by atoms with E-state index in [9.17, 15) is 9.90 Å². The number of hydrogen-bond donors (Lipinski definition) is 1. The molecule has 1 N–H and O–H groups in total. The number of ether oxygens (including phenoxy) is 3. The van der Waals surface area contributed by atoms with Gasteiger partial charge in [0.25, 0.3) is 0 Å². The summed E-state index contributed by atoms with van der Waals surface area (Å²) in [6.07, 6.45) is 12.9. The Labute approximate surface area is 221 Å². The highest BCUT2D eigenvalue weighted by molar-refractivity contribution is 6.74. The van der Waals surface area contributed by atoms with E-state index in [-0.39, 0.29) is 47.4 Å². The van der Waals surface area contributed by atoms with E-state index in [4.69, 9.17) is 18.6 Å². The maximum atomic E-state index is 11.6. The Balaban J connectivity index is 1.87. The van der Waals surface area contributed by atoms with Gasteiger partial charge in [-0.2, -0.15) is 0 Å². The van der Waals surface area contributed by atoms with Gasteiger partial charge in [-0.3, -0.25) is 4.79 Å². The smallest absolute Gasteiger partial charge is 0.306 e. The summed E-state index contributed by atoms with van der Waals surface area (Å²) < 4.78 is 24.1. The molecule has 1 heterocycles. The van der Waals surface area contributed by atoms with E-state index in [2.05, 4.69) is 46.0 Å². The van der Waals surface area contributed by atoms with Gasteiger partial charge in [-0.25, -0.2) is 0 Å². The van der Waals surface area contributed by atoms with Gasteiger partial charge in [-0.1, -0.05) is 39.3 Å². The summed E-state index contributed by atoms with van der Waals surface area (Å²) in [5, 5.41) is 11.1. The number of rotatable bonds is 14. The van der Waals surface area contributed by atoms with E-state index in [0.29, 0.717) is 19.4 Å². The van der Waals surface area contributed by atoms with Gasteiger partial charge in [-0.05, 0) is 82.8 Å². The zero-order chi connectivity index (χ0) is 26.8. The fourth-order valence-corrected chi connectivity index (χ4v) is 5.85. The molecule has 0 radical (unpaired) electrons. The Bertz CT molecular complexity index is 665. The van der Waals surface area contributed by atoms with Crippen molar-refractivity contribution < 1.29 is 28.5 Å². The maximum Gasteiger partial charge on any atom is 0.306 e. The van der Waals surface area contributed by atoms with E-state index in [1.54, 1.807) is 0 Å². The highest BCUT2D eigenvalue weighted by Gasteiger charge is 2.46. The summed E-state index contributed by atoms with van der Waals surface area (Å²) in [6, 6.07) is 0. The molecule has 5 atom stereocenters. The Morgan fingerprint density at radius 1 is 1.11 bits per heavy atom. The van der Waals surface area contributed by atoms with Crippen molar-refractivity contribution in [3.8, 4) is 0 Å². The van der Waals surface area contributed by atoms with Crippen LogP contribution in [-0.4, -0.2) is 57.2 Å². The molecule has 1 saturated heterocycles. The van der Waals surface area contributed by atoms with E-state index < -0.39 is 8.32 Å². The molecule has 7 heteroatoms. The number of hydrogen-bond acceptors (Lipinski definition) is 6. The third kappa shape index (κ3) is 10.6. The van der Waals surface area contributed by atoms with Gasteiger partial charge in [0, 0.05) is 32.0 Å². The lowest BCUT2D eigenvalue weighted by Crippen LogP contribution is -2.44. The first-order chi connectivity index (χ1) is 16.9. The van der Waals surface area contributed by atoms with Crippen molar-refractivity contribution in [2.24, 2.45) is 11.8 Å². The van der Waals surface area contributed by atoms with Gasteiger partial charge in [0.1, 0.15) is 0 Å². The minimum absolute atomic E-state index is 0.0307. The Hall–Kier alpha value is -0.733. The monoisotopic (exact) mass is 526 g/mol.